The van der Waals surface area contributed by atoms with Crippen molar-refractivity contribution in [2.24, 2.45) is 0 Å². The van der Waals surface area contributed by atoms with E-state index in [0.29, 0.717) is 5.69 Å². The van der Waals surface area contributed by atoms with Crippen molar-refractivity contribution >= 4 is 5.91 Å². The van der Waals surface area contributed by atoms with Gasteiger partial charge in [-0.3, -0.25) is 4.79 Å². The Morgan fingerprint density at radius 3 is 2.78 bits per heavy atom. The van der Waals surface area contributed by atoms with E-state index in [-0.39, 0.29) is 11.4 Å². The molecule has 2 heterocycles. The molecule has 1 amide bonds. The second-order valence-electron chi connectivity index (χ2n) is 5.53. The van der Waals surface area contributed by atoms with Crippen LogP contribution in [-0.2, 0) is 0 Å². The third-order valence-corrected chi connectivity index (χ3v) is 3.17. The van der Waals surface area contributed by atoms with E-state index < -0.39 is 0 Å². The number of amides is 1. The number of likely N-dealkylation sites (tertiary alicyclic amines) is 1. The summed E-state index contributed by atoms with van der Waals surface area (Å²) in [6.07, 6.45) is 5.27. The number of aromatic amines is 1. The predicted molar refractivity (Wildman–Crippen MR) is 68.2 cm³/mol. The standard InChI is InChI=1S/C12H21N5O/c1-12(2,9-17-6-4-3-5-7-17)14-11(18)10-8-13-16-15-10/h8H,3-7,9H2,1-2H3,(H,14,18)(H,13,15,16). The molecule has 0 aliphatic carbocycles. The SMILES string of the molecule is CC(C)(CN1CCCCC1)NC(=O)c1cn[nH]n1. The van der Waals surface area contributed by atoms with Crippen molar-refractivity contribution in [3.63, 3.8) is 0 Å². The van der Waals surface area contributed by atoms with Crippen molar-refractivity contribution in [3.8, 4) is 0 Å². The third kappa shape index (κ3) is 3.53. The fourth-order valence-corrected chi connectivity index (χ4v) is 2.40. The number of aromatic nitrogens is 3. The molecule has 6 heteroatoms. The molecule has 2 rings (SSSR count). The largest absolute Gasteiger partial charge is 0.344 e. The van der Waals surface area contributed by atoms with Gasteiger partial charge in [0.15, 0.2) is 5.69 Å². The Morgan fingerprint density at radius 2 is 2.17 bits per heavy atom. The number of carbonyl (C=O) groups is 1. The summed E-state index contributed by atoms with van der Waals surface area (Å²) < 4.78 is 0. The van der Waals surface area contributed by atoms with E-state index in [1.807, 2.05) is 13.8 Å². The van der Waals surface area contributed by atoms with Crippen molar-refractivity contribution in [2.75, 3.05) is 19.6 Å². The van der Waals surface area contributed by atoms with Crippen molar-refractivity contribution < 1.29 is 4.79 Å². The van der Waals surface area contributed by atoms with E-state index in [9.17, 15) is 4.79 Å². The number of H-pyrrole nitrogens is 1. The number of nitrogens with zero attached hydrogens (tertiary/aromatic N) is 3. The molecule has 0 bridgehead atoms. The zero-order valence-electron chi connectivity index (χ0n) is 11.1. The van der Waals surface area contributed by atoms with Gasteiger partial charge in [0.25, 0.3) is 5.91 Å². The maximum absolute atomic E-state index is 11.9. The van der Waals surface area contributed by atoms with Gasteiger partial charge in [-0.25, -0.2) is 0 Å². The van der Waals surface area contributed by atoms with Crippen LogP contribution < -0.4 is 5.32 Å². The summed E-state index contributed by atoms with van der Waals surface area (Å²) in [6.45, 7) is 7.21. The first kappa shape index (κ1) is 13.0. The first-order valence-corrected chi connectivity index (χ1v) is 6.47. The van der Waals surface area contributed by atoms with E-state index in [1.165, 1.54) is 25.5 Å². The highest BCUT2D eigenvalue weighted by molar-refractivity contribution is 5.92. The van der Waals surface area contributed by atoms with Crippen LogP contribution in [0.4, 0.5) is 0 Å². The van der Waals surface area contributed by atoms with Gasteiger partial charge in [-0.05, 0) is 39.8 Å². The highest BCUT2D eigenvalue weighted by Gasteiger charge is 2.25. The minimum atomic E-state index is -0.257. The molecule has 0 saturated carbocycles. The van der Waals surface area contributed by atoms with Gasteiger partial charge in [0.1, 0.15) is 0 Å². The van der Waals surface area contributed by atoms with E-state index in [4.69, 9.17) is 0 Å². The maximum atomic E-state index is 11.9. The first-order valence-electron chi connectivity index (χ1n) is 6.47. The predicted octanol–water partition coefficient (Wildman–Crippen LogP) is 0.799. The maximum Gasteiger partial charge on any atom is 0.273 e. The van der Waals surface area contributed by atoms with Crippen LogP contribution in [0.3, 0.4) is 0 Å². The number of carbonyl (C=O) groups excluding carboxylic acids is 1. The zero-order chi connectivity index (χ0) is 13.0. The van der Waals surface area contributed by atoms with Gasteiger partial charge in [-0.1, -0.05) is 6.42 Å². The van der Waals surface area contributed by atoms with Gasteiger partial charge >= 0.3 is 0 Å². The molecule has 0 aromatic carbocycles. The summed E-state index contributed by atoms with van der Waals surface area (Å²) in [5.41, 5.74) is 0.0784. The molecule has 1 aromatic rings. The molecule has 1 fully saturated rings. The summed E-state index contributed by atoms with van der Waals surface area (Å²) in [5, 5.41) is 12.9. The van der Waals surface area contributed by atoms with Gasteiger partial charge < -0.3 is 10.2 Å². The zero-order valence-corrected chi connectivity index (χ0v) is 11.1. The summed E-state index contributed by atoms with van der Waals surface area (Å²) in [5.74, 6) is -0.175. The lowest BCUT2D eigenvalue weighted by atomic mass is 10.0. The molecule has 1 aliphatic heterocycles. The lowest BCUT2D eigenvalue weighted by Crippen LogP contribution is -2.52. The van der Waals surface area contributed by atoms with Crippen LogP contribution in [0.1, 0.15) is 43.6 Å². The Hall–Kier alpha value is -1.43. The smallest absolute Gasteiger partial charge is 0.273 e. The number of nitrogens with one attached hydrogen (secondary N) is 2. The number of hydrogen-bond donors (Lipinski definition) is 2. The normalized spacial score (nSPS) is 17.7. The summed E-state index contributed by atoms with van der Waals surface area (Å²) >= 11 is 0. The monoisotopic (exact) mass is 251 g/mol. The van der Waals surface area contributed by atoms with Crippen molar-refractivity contribution in [2.45, 2.75) is 38.6 Å². The Balaban J connectivity index is 1.88. The topological polar surface area (TPSA) is 73.9 Å². The van der Waals surface area contributed by atoms with Crippen molar-refractivity contribution in [1.82, 2.24) is 25.6 Å². The minimum Gasteiger partial charge on any atom is -0.344 e. The van der Waals surface area contributed by atoms with E-state index in [1.54, 1.807) is 0 Å². The highest BCUT2D eigenvalue weighted by atomic mass is 16.2. The molecule has 0 spiro atoms. The van der Waals surface area contributed by atoms with Gasteiger partial charge in [0.2, 0.25) is 0 Å². The summed E-state index contributed by atoms with van der Waals surface area (Å²) in [6, 6.07) is 0. The van der Waals surface area contributed by atoms with Gasteiger partial charge in [-0.15, -0.1) is 0 Å². The molecule has 6 nitrogen and oxygen atoms in total. The fraction of sp³-hybridized carbons (Fsp3) is 0.750. The molecule has 0 unspecified atom stereocenters. The molecule has 1 aromatic heterocycles. The molecule has 2 N–H and O–H groups in total. The Labute approximate surface area is 107 Å². The van der Waals surface area contributed by atoms with Gasteiger partial charge in [0.05, 0.1) is 6.20 Å². The van der Waals surface area contributed by atoms with Crippen LogP contribution in [0.5, 0.6) is 0 Å². The van der Waals surface area contributed by atoms with Crippen molar-refractivity contribution in [1.29, 1.82) is 0 Å². The average molecular weight is 251 g/mol. The van der Waals surface area contributed by atoms with Crippen LogP contribution >= 0.6 is 0 Å². The third-order valence-electron chi connectivity index (χ3n) is 3.17. The van der Waals surface area contributed by atoms with Crippen LogP contribution in [-0.4, -0.2) is 51.4 Å². The van der Waals surface area contributed by atoms with Crippen LogP contribution in [0.2, 0.25) is 0 Å². The quantitative estimate of drug-likeness (QED) is 0.830. The van der Waals surface area contributed by atoms with Crippen LogP contribution in [0.25, 0.3) is 0 Å². The number of hydrogen-bond acceptors (Lipinski definition) is 4. The number of rotatable bonds is 4. The second-order valence-corrected chi connectivity index (χ2v) is 5.53. The summed E-state index contributed by atoms with van der Waals surface area (Å²) in [7, 11) is 0. The lowest BCUT2D eigenvalue weighted by molar-refractivity contribution is 0.0873. The molecule has 100 valence electrons. The van der Waals surface area contributed by atoms with E-state index >= 15 is 0 Å². The molecule has 1 aliphatic rings. The molecule has 0 atom stereocenters. The van der Waals surface area contributed by atoms with Crippen molar-refractivity contribution in [3.05, 3.63) is 11.9 Å². The first-order chi connectivity index (χ1) is 8.57. The Morgan fingerprint density at radius 1 is 1.44 bits per heavy atom. The lowest BCUT2D eigenvalue weighted by Gasteiger charge is -2.35. The molecular weight excluding hydrogens is 230 g/mol. The average Bonchev–Trinajstić information content (AvgIpc) is 2.82. The fourth-order valence-electron chi connectivity index (χ4n) is 2.40. The molecular formula is C12H21N5O. The van der Waals surface area contributed by atoms with Crippen LogP contribution in [0.15, 0.2) is 6.20 Å². The van der Waals surface area contributed by atoms with Crippen LogP contribution in [0, 0.1) is 0 Å². The second kappa shape index (κ2) is 5.48. The van der Waals surface area contributed by atoms with E-state index in [0.717, 1.165) is 19.6 Å². The number of piperidine rings is 1. The summed E-state index contributed by atoms with van der Waals surface area (Å²) in [4.78, 5) is 14.3. The van der Waals surface area contributed by atoms with Gasteiger partial charge in [0, 0.05) is 12.1 Å². The van der Waals surface area contributed by atoms with E-state index in [2.05, 4.69) is 25.6 Å². The Bertz CT molecular complexity index is 381. The molecule has 18 heavy (non-hydrogen) atoms. The van der Waals surface area contributed by atoms with Gasteiger partial charge in [-0.2, -0.15) is 15.4 Å². The minimum absolute atomic E-state index is 0.175. The Kier molecular flexibility index (Phi) is 3.96. The molecule has 1 saturated heterocycles. The highest BCUT2D eigenvalue weighted by Crippen LogP contribution is 2.13. The molecule has 0 radical (unpaired) electrons.